The minimum atomic E-state index is 0. The Balaban J connectivity index is 0.000000324. The van der Waals surface area contributed by atoms with Crippen LogP contribution in [0.1, 0.15) is 67.2 Å². The fourth-order valence-corrected chi connectivity index (χ4v) is 3.00. The zero-order valence-electron chi connectivity index (χ0n) is 13.0. The summed E-state index contributed by atoms with van der Waals surface area (Å²) in [6.07, 6.45) is 7.46. The molecule has 2 aliphatic rings. The fourth-order valence-electron chi connectivity index (χ4n) is 3.00. The Morgan fingerprint density at radius 1 is 0.895 bits per heavy atom. The zero-order chi connectivity index (χ0) is 13.4. The summed E-state index contributed by atoms with van der Waals surface area (Å²) in [5.74, 6) is 1.99. The third-order valence-electron chi connectivity index (χ3n) is 4.47. The van der Waals surface area contributed by atoms with E-state index in [1.54, 1.807) is 0 Å². The molecule has 0 aromatic rings. The average Bonchev–Trinajstić information content (AvgIpc) is 2.41. The first-order valence-electron chi connectivity index (χ1n) is 8.06. The second-order valence-corrected chi connectivity index (χ2v) is 6.52. The summed E-state index contributed by atoms with van der Waals surface area (Å²) < 4.78 is 0. The van der Waals surface area contributed by atoms with E-state index in [9.17, 15) is 0 Å². The summed E-state index contributed by atoms with van der Waals surface area (Å²) >= 11 is 0. The van der Waals surface area contributed by atoms with E-state index in [-0.39, 0.29) is 7.43 Å². The Bertz CT molecular complexity index is 167. The van der Waals surface area contributed by atoms with Crippen molar-refractivity contribution in [3.05, 3.63) is 0 Å². The van der Waals surface area contributed by atoms with Gasteiger partial charge in [0.25, 0.3) is 0 Å². The Morgan fingerprint density at radius 3 is 1.74 bits per heavy atom. The number of piperazine rings is 1. The van der Waals surface area contributed by atoms with Crippen molar-refractivity contribution in [2.45, 2.75) is 73.3 Å². The molecule has 0 amide bonds. The van der Waals surface area contributed by atoms with E-state index in [0.717, 1.165) is 31.0 Å². The number of nitrogens with zero attached hydrogens (tertiary/aromatic N) is 1. The van der Waals surface area contributed by atoms with Crippen molar-refractivity contribution >= 4 is 0 Å². The van der Waals surface area contributed by atoms with Gasteiger partial charge in [-0.25, -0.2) is 0 Å². The molecule has 2 nitrogen and oxygen atoms in total. The molecule has 1 heterocycles. The maximum absolute atomic E-state index is 3.33. The van der Waals surface area contributed by atoms with Gasteiger partial charge in [-0.05, 0) is 25.7 Å². The lowest BCUT2D eigenvalue weighted by Crippen LogP contribution is -2.46. The van der Waals surface area contributed by atoms with Gasteiger partial charge in [0.15, 0.2) is 0 Å². The van der Waals surface area contributed by atoms with E-state index in [4.69, 9.17) is 0 Å². The van der Waals surface area contributed by atoms with Crippen LogP contribution in [0.25, 0.3) is 0 Å². The van der Waals surface area contributed by atoms with Crippen LogP contribution < -0.4 is 5.32 Å². The predicted molar refractivity (Wildman–Crippen MR) is 87.7 cm³/mol. The molecular formula is C17H38N2. The Hall–Kier alpha value is -0.0800. The summed E-state index contributed by atoms with van der Waals surface area (Å²) in [7, 11) is 0. The predicted octanol–water partition coefficient (Wildman–Crippen LogP) is 4.16. The fraction of sp³-hybridized carbons (Fsp3) is 1.00. The van der Waals surface area contributed by atoms with Gasteiger partial charge in [0.2, 0.25) is 0 Å². The minimum absolute atomic E-state index is 0. The molecule has 0 aromatic carbocycles. The molecule has 1 aliphatic heterocycles. The Morgan fingerprint density at radius 2 is 1.42 bits per heavy atom. The molecule has 1 saturated heterocycles. The van der Waals surface area contributed by atoms with E-state index >= 15 is 0 Å². The largest absolute Gasteiger partial charge is 0.314 e. The molecule has 0 radical (unpaired) electrons. The molecule has 1 saturated carbocycles. The molecule has 1 N–H and O–H groups in total. The lowest BCUT2D eigenvalue weighted by molar-refractivity contribution is 0.196. The van der Waals surface area contributed by atoms with Gasteiger partial charge >= 0.3 is 0 Å². The van der Waals surface area contributed by atoms with Gasteiger partial charge in [0.1, 0.15) is 0 Å². The van der Waals surface area contributed by atoms with Crippen molar-refractivity contribution in [3.8, 4) is 0 Å². The highest BCUT2D eigenvalue weighted by Crippen LogP contribution is 2.29. The molecule has 0 aromatic heterocycles. The first-order chi connectivity index (χ1) is 8.61. The van der Waals surface area contributed by atoms with Crippen LogP contribution in [0.2, 0.25) is 0 Å². The minimum Gasteiger partial charge on any atom is -0.314 e. The van der Waals surface area contributed by atoms with Gasteiger partial charge in [-0.2, -0.15) is 0 Å². The maximum Gasteiger partial charge on any atom is 0.0110 e. The van der Waals surface area contributed by atoms with Crippen LogP contribution in [-0.2, 0) is 0 Å². The van der Waals surface area contributed by atoms with E-state index in [0.29, 0.717) is 0 Å². The lowest BCUT2D eigenvalue weighted by Gasteiger charge is -2.30. The highest BCUT2D eigenvalue weighted by Gasteiger charge is 2.15. The van der Waals surface area contributed by atoms with Crippen molar-refractivity contribution in [2.24, 2.45) is 11.8 Å². The lowest BCUT2D eigenvalue weighted by atomic mass is 9.82. The zero-order valence-corrected chi connectivity index (χ0v) is 13.0. The summed E-state index contributed by atoms with van der Waals surface area (Å²) in [5.41, 5.74) is 0. The van der Waals surface area contributed by atoms with Crippen LogP contribution >= 0.6 is 0 Å². The topological polar surface area (TPSA) is 15.3 Å². The molecule has 0 atom stereocenters. The monoisotopic (exact) mass is 270 g/mol. The molecule has 19 heavy (non-hydrogen) atoms. The molecule has 116 valence electrons. The summed E-state index contributed by atoms with van der Waals surface area (Å²) in [5, 5.41) is 3.33. The van der Waals surface area contributed by atoms with Crippen LogP contribution in [0, 0.1) is 11.8 Å². The number of hydrogen-bond donors (Lipinski definition) is 1. The normalized spacial score (nSPS) is 21.8. The second-order valence-electron chi connectivity index (χ2n) is 6.52. The highest BCUT2D eigenvalue weighted by molar-refractivity contribution is 4.70. The summed E-state index contributed by atoms with van der Waals surface area (Å²) in [6, 6.07) is 0.729. The quantitative estimate of drug-likeness (QED) is 0.810. The highest BCUT2D eigenvalue weighted by atomic mass is 15.2. The summed E-state index contributed by atoms with van der Waals surface area (Å²) in [6.45, 7) is 14.0. The molecule has 0 unspecified atom stereocenters. The van der Waals surface area contributed by atoms with E-state index < -0.39 is 0 Å². The van der Waals surface area contributed by atoms with Gasteiger partial charge in [-0.1, -0.05) is 53.4 Å². The SMILES string of the molecule is C.CC(C)C1CCCCC1.CC(C)N1CCNCC1. The van der Waals surface area contributed by atoms with E-state index in [1.165, 1.54) is 45.2 Å². The maximum atomic E-state index is 3.33. The van der Waals surface area contributed by atoms with Gasteiger partial charge in [0, 0.05) is 32.2 Å². The van der Waals surface area contributed by atoms with Crippen LogP contribution in [0.3, 0.4) is 0 Å². The van der Waals surface area contributed by atoms with E-state index in [1.807, 2.05) is 0 Å². The van der Waals surface area contributed by atoms with Crippen molar-refractivity contribution in [1.82, 2.24) is 10.2 Å². The smallest absolute Gasteiger partial charge is 0.0110 e. The molecule has 0 spiro atoms. The van der Waals surface area contributed by atoms with Gasteiger partial charge in [-0.15, -0.1) is 0 Å². The van der Waals surface area contributed by atoms with Crippen LogP contribution in [-0.4, -0.2) is 37.1 Å². The van der Waals surface area contributed by atoms with Crippen molar-refractivity contribution in [1.29, 1.82) is 0 Å². The molecular weight excluding hydrogens is 232 g/mol. The van der Waals surface area contributed by atoms with Crippen molar-refractivity contribution in [3.63, 3.8) is 0 Å². The Kier molecular flexibility index (Phi) is 10.6. The standard InChI is InChI=1S/C9H18.C7H16N2.CH4/c1-8(2)9-6-4-3-5-7-9;1-7(2)9-5-3-8-4-6-9;/h8-9H,3-7H2,1-2H3;7-8H,3-6H2,1-2H3;1H4. The Labute approximate surface area is 122 Å². The molecule has 2 fully saturated rings. The second kappa shape index (κ2) is 10.7. The van der Waals surface area contributed by atoms with Crippen LogP contribution in [0.15, 0.2) is 0 Å². The number of rotatable bonds is 2. The number of nitrogens with one attached hydrogen (secondary N) is 1. The third kappa shape index (κ3) is 7.94. The van der Waals surface area contributed by atoms with Gasteiger partial charge in [0.05, 0.1) is 0 Å². The first-order valence-corrected chi connectivity index (χ1v) is 8.06. The van der Waals surface area contributed by atoms with Crippen LogP contribution in [0.5, 0.6) is 0 Å². The summed E-state index contributed by atoms with van der Waals surface area (Å²) in [4.78, 5) is 2.50. The third-order valence-corrected chi connectivity index (χ3v) is 4.47. The van der Waals surface area contributed by atoms with Crippen molar-refractivity contribution in [2.75, 3.05) is 26.2 Å². The molecule has 1 aliphatic carbocycles. The van der Waals surface area contributed by atoms with Gasteiger partial charge < -0.3 is 5.32 Å². The van der Waals surface area contributed by atoms with E-state index in [2.05, 4.69) is 37.9 Å². The van der Waals surface area contributed by atoms with Crippen LogP contribution in [0.4, 0.5) is 0 Å². The van der Waals surface area contributed by atoms with Gasteiger partial charge in [-0.3, -0.25) is 4.90 Å². The molecule has 0 bridgehead atoms. The van der Waals surface area contributed by atoms with Crippen molar-refractivity contribution < 1.29 is 0 Å². The molecule has 2 rings (SSSR count). The molecule has 2 heteroatoms. The first kappa shape index (κ1) is 18.9. The number of hydrogen-bond acceptors (Lipinski definition) is 2. The average molecular weight is 271 g/mol.